The van der Waals surface area contributed by atoms with Gasteiger partial charge in [0.1, 0.15) is 5.76 Å². The highest BCUT2D eigenvalue weighted by atomic mass is 19.4. The van der Waals surface area contributed by atoms with Crippen LogP contribution >= 0.6 is 0 Å². The first-order chi connectivity index (χ1) is 12.8. The fourth-order valence-electron chi connectivity index (χ4n) is 2.01. The zero-order valence-corrected chi connectivity index (χ0v) is 14.2. The van der Waals surface area contributed by atoms with E-state index in [0.717, 1.165) is 6.92 Å². The van der Waals surface area contributed by atoms with Gasteiger partial charge in [-0.15, -0.1) is 0 Å². The molecule has 0 fully saturated rings. The summed E-state index contributed by atoms with van der Waals surface area (Å²) in [6, 6.07) is 1.64. The van der Waals surface area contributed by atoms with Crippen molar-refractivity contribution in [3.63, 3.8) is 0 Å². The van der Waals surface area contributed by atoms with Crippen molar-refractivity contribution in [3.05, 3.63) is 46.7 Å². The summed E-state index contributed by atoms with van der Waals surface area (Å²) in [4.78, 5) is 23.9. The molecule has 2 aromatic rings. The molecule has 0 bridgehead atoms. The molecular weight excluding hydrogens is 398 g/mol. The smallest absolute Gasteiger partial charge is 0.416 e. The molecule has 0 spiro atoms. The highest BCUT2D eigenvalue weighted by Crippen LogP contribution is 2.36. The van der Waals surface area contributed by atoms with Gasteiger partial charge in [0.05, 0.1) is 16.7 Å². The molecule has 0 saturated carbocycles. The second-order valence-corrected chi connectivity index (χ2v) is 5.65. The molecule has 0 saturated heterocycles. The monoisotopic (exact) mass is 410 g/mol. The molecule has 1 N–H and O–H groups in total. The fraction of sp³-hybridized carbons (Fsp3) is 0.312. The molecule has 1 aromatic carbocycles. The summed E-state index contributed by atoms with van der Waals surface area (Å²) in [6.45, 7) is 2.62. The van der Waals surface area contributed by atoms with Gasteiger partial charge in [-0.25, -0.2) is 4.79 Å². The Bertz CT molecular complexity index is 856. The topological polar surface area (TPSA) is 81.4 Å². The van der Waals surface area contributed by atoms with Crippen molar-refractivity contribution in [2.24, 2.45) is 0 Å². The van der Waals surface area contributed by atoms with Crippen molar-refractivity contribution >= 4 is 17.7 Å². The highest BCUT2D eigenvalue weighted by molar-refractivity contribution is 5.97. The SMILES string of the molecule is Cc1cc(NC(=O)C(C)OC(=O)c2cc(C(F)(F)F)cc(C(F)(F)F)c2)no1. The zero-order valence-electron chi connectivity index (χ0n) is 14.2. The van der Waals surface area contributed by atoms with Crippen molar-refractivity contribution < 1.29 is 45.2 Å². The molecule has 0 aliphatic rings. The van der Waals surface area contributed by atoms with Gasteiger partial charge in [0.2, 0.25) is 0 Å². The average Bonchev–Trinajstić information content (AvgIpc) is 2.97. The Hall–Kier alpha value is -3.05. The molecule has 1 amide bonds. The fourth-order valence-corrected chi connectivity index (χ4v) is 2.01. The predicted octanol–water partition coefficient (Wildman–Crippen LogP) is 4.20. The maximum Gasteiger partial charge on any atom is 0.416 e. The van der Waals surface area contributed by atoms with E-state index in [1.165, 1.54) is 13.0 Å². The van der Waals surface area contributed by atoms with Gasteiger partial charge in [0.25, 0.3) is 5.91 Å². The Morgan fingerprint density at radius 3 is 2.00 bits per heavy atom. The lowest BCUT2D eigenvalue weighted by Gasteiger charge is -2.15. The number of alkyl halides is 6. The van der Waals surface area contributed by atoms with Crippen molar-refractivity contribution in [3.8, 4) is 0 Å². The van der Waals surface area contributed by atoms with Crippen LogP contribution < -0.4 is 5.32 Å². The number of hydrogen-bond acceptors (Lipinski definition) is 5. The molecule has 152 valence electrons. The van der Waals surface area contributed by atoms with E-state index in [4.69, 9.17) is 4.52 Å². The van der Waals surface area contributed by atoms with Crippen LogP contribution in [0.25, 0.3) is 0 Å². The molecule has 2 rings (SSSR count). The second-order valence-electron chi connectivity index (χ2n) is 5.65. The normalized spacial score (nSPS) is 13.1. The van der Waals surface area contributed by atoms with Crippen LogP contribution in [0.4, 0.5) is 32.2 Å². The first-order valence-electron chi connectivity index (χ1n) is 7.52. The van der Waals surface area contributed by atoms with E-state index in [2.05, 4.69) is 15.2 Å². The van der Waals surface area contributed by atoms with Crippen molar-refractivity contribution in [2.75, 3.05) is 5.32 Å². The van der Waals surface area contributed by atoms with Crippen LogP contribution in [0.5, 0.6) is 0 Å². The Morgan fingerprint density at radius 2 is 1.57 bits per heavy atom. The number of anilines is 1. The number of aryl methyl sites for hydroxylation is 1. The van der Waals surface area contributed by atoms with E-state index in [1.807, 2.05) is 0 Å². The number of nitrogens with zero attached hydrogens (tertiary/aromatic N) is 1. The third kappa shape index (κ3) is 5.24. The largest absolute Gasteiger partial charge is 0.449 e. The number of esters is 1. The number of nitrogens with one attached hydrogen (secondary N) is 1. The van der Waals surface area contributed by atoms with Gasteiger partial charge in [-0.2, -0.15) is 26.3 Å². The molecule has 6 nitrogen and oxygen atoms in total. The van der Waals surface area contributed by atoms with Crippen molar-refractivity contribution in [1.29, 1.82) is 0 Å². The van der Waals surface area contributed by atoms with Crippen molar-refractivity contribution in [1.82, 2.24) is 5.16 Å². The first-order valence-corrected chi connectivity index (χ1v) is 7.52. The summed E-state index contributed by atoms with van der Waals surface area (Å²) in [6.07, 6.45) is -11.8. The minimum atomic E-state index is -5.12. The summed E-state index contributed by atoms with van der Waals surface area (Å²) >= 11 is 0. The number of halogens is 6. The molecule has 0 aliphatic carbocycles. The Morgan fingerprint density at radius 1 is 1.04 bits per heavy atom. The lowest BCUT2D eigenvalue weighted by Crippen LogP contribution is -2.30. The van der Waals surface area contributed by atoms with Gasteiger partial charge in [-0.3, -0.25) is 4.79 Å². The molecular formula is C16H12F6N2O4. The minimum absolute atomic E-state index is 0.0103. The maximum absolute atomic E-state index is 12.8. The van der Waals surface area contributed by atoms with Crippen LogP contribution in [0.2, 0.25) is 0 Å². The van der Waals surface area contributed by atoms with Crippen LogP contribution in [0, 0.1) is 6.92 Å². The van der Waals surface area contributed by atoms with Gasteiger partial charge >= 0.3 is 18.3 Å². The van der Waals surface area contributed by atoms with Gasteiger partial charge in [0, 0.05) is 6.07 Å². The third-order valence-electron chi connectivity index (χ3n) is 3.36. The second kappa shape index (κ2) is 7.52. The molecule has 0 aliphatic heterocycles. The minimum Gasteiger partial charge on any atom is -0.449 e. The number of carbonyl (C=O) groups is 2. The number of hydrogen-bond donors (Lipinski definition) is 1. The van der Waals surface area contributed by atoms with E-state index in [9.17, 15) is 35.9 Å². The third-order valence-corrected chi connectivity index (χ3v) is 3.36. The van der Waals surface area contributed by atoms with Crippen molar-refractivity contribution in [2.45, 2.75) is 32.3 Å². The predicted molar refractivity (Wildman–Crippen MR) is 81.2 cm³/mol. The molecule has 1 heterocycles. The van der Waals surface area contributed by atoms with Crippen LogP contribution in [0.1, 0.15) is 34.2 Å². The van der Waals surface area contributed by atoms with Gasteiger partial charge in [0.15, 0.2) is 11.9 Å². The van der Waals surface area contributed by atoms with Crippen LogP contribution in [-0.2, 0) is 21.9 Å². The number of rotatable bonds is 4. The van der Waals surface area contributed by atoms with Crippen LogP contribution in [0.3, 0.4) is 0 Å². The maximum atomic E-state index is 12.8. The lowest BCUT2D eigenvalue weighted by atomic mass is 10.0. The number of carbonyl (C=O) groups excluding carboxylic acids is 2. The number of amides is 1. The molecule has 0 radical (unpaired) electrons. The Kier molecular flexibility index (Phi) is 5.71. The molecule has 28 heavy (non-hydrogen) atoms. The van der Waals surface area contributed by atoms with E-state index >= 15 is 0 Å². The van der Waals surface area contributed by atoms with Crippen LogP contribution in [-0.4, -0.2) is 23.1 Å². The van der Waals surface area contributed by atoms with Gasteiger partial charge in [-0.1, -0.05) is 5.16 Å². The quantitative estimate of drug-likeness (QED) is 0.604. The zero-order chi connectivity index (χ0) is 21.3. The highest BCUT2D eigenvalue weighted by Gasteiger charge is 2.38. The van der Waals surface area contributed by atoms with Crippen LogP contribution in [0.15, 0.2) is 28.8 Å². The van der Waals surface area contributed by atoms with Gasteiger partial charge < -0.3 is 14.6 Å². The lowest BCUT2D eigenvalue weighted by molar-refractivity contribution is -0.143. The number of aromatic nitrogens is 1. The average molecular weight is 410 g/mol. The molecule has 1 atom stereocenters. The molecule has 1 aromatic heterocycles. The molecule has 1 unspecified atom stereocenters. The summed E-state index contributed by atoms with van der Waals surface area (Å²) < 4.78 is 86.4. The van der Waals surface area contributed by atoms with Gasteiger partial charge in [-0.05, 0) is 32.0 Å². The summed E-state index contributed by atoms with van der Waals surface area (Å²) in [5.74, 6) is -2.09. The summed E-state index contributed by atoms with van der Waals surface area (Å²) in [5.41, 5.74) is -4.35. The standard InChI is InChI=1S/C16H12F6N2O4/c1-7-3-12(24-28-7)23-13(25)8(2)27-14(26)9-4-10(15(17,18)19)6-11(5-9)16(20,21)22/h3-6,8H,1-2H3,(H,23,24,25). The van der Waals surface area contributed by atoms with E-state index in [0.29, 0.717) is 5.76 Å². The Labute approximate surface area is 153 Å². The van der Waals surface area contributed by atoms with E-state index in [-0.39, 0.29) is 24.0 Å². The Balaban J connectivity index is 2.21. The number of ether oxygens (including phenoxy) is 1. The summed E-state index contributed by atoms with van der Waals surface area (Å²) in [5, 5.41) is 5.66. The van der Waals surface area contributed by atoms with E-state index in [1.54, 1.807) is 0 Å². The summed E-state index contributed by atoms with van der Waals surface area (Å²) in [7, 11) is 0. The first kappa shape index (κ1) is 21.3. The number of benzene rings is 1. The van der Waals surface area contributed by atoms with E-state index < -0.39 is 47.0 Å². The molecule has 12 heteroatoms.